The van der Waals surface area contributed by atoms with Crippen LogP contribution in [0, 0.1) is 0 Å². The highest BCUT2D eigenvalue weighted by molar-refractivity contribution is 5.34. The lowest BCUT2D eigenvalue weighted by atomic mass is 10.1. The number of aryl methyl sites for hydroxylation is 1. The second-order valence-corrected chi connectivity index (χ2v) is 6.67. The Hall–Kier alpha value is -0.860. The van der Waals surface area contributed by atoms with E-state index in [-0.39, 0.29) is 0 Å². The summed E-state index contributed by atoms with van der Waals surface area (Å²) < 4.78 is 0. The van der Waals surface area contributed by atoms with Gasteiger partial charge in [-0.15, -0.1) is 0 Å². The molecule has 1 N–H and O–H groups in total. The first-order valence-corrected chi connectivity index (χ1v) is 7.91. The minimum atomic E-state index is 0.604. The average Bonchev–Trinajstić information content (AvgIpc) is 3.09. The molecule has 2 nitrogen and oxygen atoms in total. The molecule has 19 heavy (non-hydrogen) atoms. The normalized spacial score (nSPS) is 34.7. The molecule has 102 valence electrons. The van der Waals surface area contributed by atoms with Crippen LogP contribution in [0.4, 0.5) is 0 Å². The Kier molecular flexibility index (Phi) is 2.89. The number of rotatable bonds is 3. The SMILES string of the molecule is CC1CC(NC2CCc3ccccc32)CN1C1CC1. The lowest BCUT2D eigenvalue weighted by Gasteiger charge is -2.21. The van der Waals surface area contributed by atoms with Crippen LogP contribution in [0.3, 0.4) is 0 Å². The van der Waals surface area contributed by atoms with Gasteiger partial charge in [0.2, 0.25) is 0 Å². The predicted octanol–water partition coefficient (Wildman–Crippen LogP) is 2.89. The summed E-state index contributed by atoms with van der Waals surface area (Å²) in [5, 5.41) is 3.94. The number of benzene rings is 1. The molecular formula is C17H24N2. The van der Waals surface area contributed by atoms with Gasteiger partial charge >= 0.3 is 0 Å². The third-order valence-corrected chi connectivity index (χ3v) is 5.21. The van der Waals surface area contributed by atoms with Crippen molar-refractivity contribution in [3.8, 4) is 0 Å². The summed E-state index contributed by atoms with van der Waals surface area (Å²) in [7, 11) is 0. The maximum absolute atomic E-state index is 3.94. The molecule has 4 rings (SSSR count). The van der Waals surface area contributed by atoms with E-state index in [0.717, 1.165) is 12.1 Å². The maximum Gasteiger partial charge on any atom is 0.0329 e. The molecule has 1 saturated heterocycles. The van der Waals surface area contributed by atoms with Crippen molar-refractivity contribution in [2.75, 3.05) is 6.54 Å². The van der Waals surface area contributed by atoms with Crippen LogP contribution < -0.4 is 5.32 Å². The summed E-state index contributed by atoms with van der Waals surface area (Å²) in [5.41, 5.74) is 3.12. The van der Waals surface area contributed by atoms with Crippen molar-refractivity contribution in [2.45, 2.75) is 63.2 Å². The lowest BCUT2D eigenvalue weighted by molar-refractivity contribution is 0.254. The molecule has 0 spiro atoms. The highest BCUT2D eigenvalue weighted by Crippen LogP contribution is 2.36. The van der Waals surface area contributed by atoms with Crippen LogP contribution >= 0.6 is 0 Å². The predicted molar refractivity (Wildman–Crippen MR) is 78.2 cm³/mol. The third-order valence-electron chi connectivity index (χ3n) is 5.21. The summed E-state index contributed by atoms with van der Waals surface area (Å²) in [6.07, 6.45) is 6.73. The summed E-state index contributed by atoms with van der Waals surface area (Å²) in [6, 6.07) is 12.0. The molecule has 2 aliphatic carbocycles. The van der Waals surface area contributed by atoms with Crippen molar-refractivity contribution in [3.63, 3.8) is 0 Å². The van der Waals surface area contributed by atoms with Crippen LogP contribution in [0.1, 0.15) is 49.8 Å². The van der Waals surface area contributed by atoms with Gasteiger partial charge in [-0.25, -0.2) is 0 Å². The van der Waals surface area contributed by atoms with Gasteiger partial charge in [-0.05, 0) is 50.2 Å². The van der Waals surface area contributed by atoms with Gasteiger partial charge in [0.05, 0.1) is 0 Å². The monoisotopic (exact) mass is 256 g/mol. The number of likely N-dealkylation sites (tertiary alicyclic amines) is 1. The van der Waals surface area contributed by atoms with E-state index in [4.69, 9.17) is 0 Å². The summed E-state index contributed by atoms with van der Waals surface area (Å²) in [4.78, 5) is 2.73. The molecule has 3 unspecified atom stereocenters. The molecule has 3 atom stereocenters. The standard InChI is InChI=1S/C17H24N2/c1-12-10-14(11-19(12)15-7-8-15)18-17-9-6-13-4-2-3-5-16(13)17/h2-5,12,14-15,17-18H,6-11H2,1H3. The van der Waals surface area contributed by atoms with E-state index in [0.29, 0.717) is 12.1 Å². The molecule has 2 heteroatoms. The third kappa shape index (κ3) is 2.21. The summed E-state index contributed by atoms with van der Waals surface area (Å²) in [5.74, 6) is 0. The molecule has 3 aliphatic rings. The Morgan fingerprint density at radius 1 is 1.16 bits per heavy atom. The Morgan fingerprint density at radius 2 is 2.00 bits per heavy atom. The fraction of sp³-hybridized carbons (Fsp3) is 0.647. The van der Waals surface area contributed by atoms with E-state index in [9.17, 15) is 0 Å². The van der Waals surface area contributed by atoms with E-state index in [2.05, 4.69) is 41.4 Å². The lowest BCUT2D eigenvalue weighted by Crippen LogP contribution is -2.35. The average molecular weight is 256 g/mol. The van der Waals surface area contributed by atoms with Crippen LogP contribution in [0.2, 0.25) is 0 Å². The van der Waals surface area contributed by atoms with Gasteiger partial charge in [-0.1, -0.05) is 24.3 Å². The highest BCUT2D eigenvalue weighted by Gasteiger charge is 2.39. The Labute approximate surface area is 116 Å². The van der Waals surface area contributed by atoms with Crippen molar-refractivity contribution >= 4 is 0 Å². The van der Waals surface area contributed by atoms with Crippen molar-refractivity contribution in [1.82, 2.24) is 10.2 Å². The highest BCUT2D eigenvalue weighted by atomic mass is 15.3. The molecule has 2 fully saturated rings. The molecule has 1 aromatic rings. The van der Waals surface area contributed by atoms with Gasteiger partial charge in [-0.2, -0.15) is 0 Å². The molecule has 1 saturated carbocycles. The first kappa shape index (κ1) is 11.9. The minimum absolute atomic E-state index is 0.604. The van der Waals surface area contributed by atoms with Crippen LogP contribution in [0.5, 0.6) is 0 Å². The zero-order chi connectivity index (χ0) is 12.8. The van der Waals surface area contributed by atoms with E-state index < -0.39 is 0 Å². The smallest absolute Gasteiger partial charge is 0.0329 e. The van der Waals surface area contributed by atoms with Crippen molar-refractivity contribution < 1.29 is 0 Å². The number of nitrogens with zero attached hydrogens (tertiary/aromatic N) is 1. The number of nitrogens with one attached hydrogen (secondary N) is 1. The largest absolute Gasteiger partial charge is 0.306 e. The fourth-order valence-electron chi connectivity index (χ4n) is 4.11. The molecular weight excluding hydrogens is 232 g/mol. The Bertz CT molecular complexity index is 466. The minimum Gasteiger partial charge on any atom is -0.306 e. The van der Waals surface area contributed by atoms with Gasteiger partial charge < -0.3 is 5.32 Å². The topological polar surface area (TPSA) is 15.3 Å². The molecule has 0 radical (unpaired) electrons. The summed E-state index contributed by atoms with van der Waals surface area (Å²) >= 11 is 0. The van der Waals surface area contributed by atoms with E-state index in [1.807, 2.05) is 0 Å². The fourth-order valence-corrected chi connectivity index (χ4v) is 4.11. The molecule has 1 aliphatic heterocycles. The molecule has 0 bridgehead atoms. The van der Waals surface area contributed by atoms with Crippen LogP contribution in [-0.2, 0) is 6.42 Å². The van der Waals surface area contributed by atoms with Crippen molar-refractivity contribution in [2.24, 2.45) is 0 Å². The van der Waals surface area contributed by atoms with Crippen LogP contribution in [-0.4, -0.2) is 29.6 Å². The molecule has 1 aromatic carbocycles. The first-order chi connectivity index (χ1) is 9.31. The number of fused-ring (bicyclic) bond motifs is 1. The van der Waals surface area contributed by atoms with Gasteiger partial charge in [-0.3, -0.25) is 4.90 Å². The Balaban J connectivity index is 1.43. The van der Waals surface area contributed by atoms with Crippen molar-refractivity contribution in [1.29, 1.82) is 0 Å². The first-order valence-electron chi connectivity index (χ1n) is 7.91. The van der Waals surface area contributed by atoms with E-state index in [1.165, 1.54) is 38.6 Å². The van der Waals surface area contributed by atoms with Gasteiger partial charge in [0, 0.05) is 30.7 Å². The second-order valence-electron chi connectivity index (χ2n) is 6.67. The van der Waals surface area contributed by atoms with Gasteiger partial charge in [0.1, 0.15) is 0 Å². The Morgan fingerprint density at radius 3 is 2.84 bits per heavy atom. The van der Waals surface area contributed by atoms with Gasteiger partial charge in [0.15, 0.2) is 0 Å². The summed E-state index contributed by atoms with van der Waals surface area (Å²) in [6.45, 7) is 3.67. The number of hydrogen-bond acceptors (Lipinski definition) is 2. The van der Waals surface area contributed by atoms with E-state index >= 15 is 0 Å². The second kappa shape index (κ2) is 4.60. The van der Waals surface area contributed by atoms with Crippen LogP contribution in [0.15, 0.2) is 24.3 Å². The van der Waals surface area contributed by atoms with Gasteiger partial charge in [0.25, 0.3) is 0 Å². The molecule has 0 amide bonds. The van der Waals surface area contributed by atoms with Crippen LogP contribution in [0.25, 0.3) is 0 Å². The van der Waals surface area contributed by atoms with Crippen molar-refractivity contribution in [3.05, 3.63) is 35.4 Å². The quantitative estimate of drug-likeness (QED) is 0.894. The van der Waals surface area contributed by atoms with E-state index in [1.54, 1.807) is 11.1 Å². The molecule has 1 heterocycles. The maximum atomic E-state index is 3.94. The number of hydrogen-bond donors (Lipinski definition) is 1. The zero-order valence-electron chi connectivity index (χ0n) is 11.8. The zero-order valence-corrected chi connectivity index (χ0v) is 11.8. The molecule has 0 aromatic heterocycles.